The van der Waals surface area contributed by atoms with Crippen LogP contribution in [0.2, 0.25) is 0 Å². The Morgan fingerprint density at radius 2 is 1.26 bits per heavy atom. The van der Waals surface area contributed by atoms with Crippen LogP contribution in [0.1, 0.15) is 46.0 Å². The highest BCUT2D eigenvalue weighted by molar-refractivity contribution is 7.97. The van der Waals surface area contributed by atoms with Crippen molar-refractivity contribution in [1.82, 2.24) is 0 Å². The van der Waals surface area contributed by atoms with E-state index in [1.165, 1.54) is 27.5 Å². The third-order valence-corrected chi connectivity index (χ3v) is 6.72. The van der Waals surface area contributed by atoms with Gasteiger partial charge in [0.2, 0.25) is 0 Å². The maximum atomic E-state index is 9.49. The van der Waals surface area contributed by atoms with E-state index in [-0.39, 0.29) is 17.3 Å². The van der Waals surface area contributed by atoms with Gasteiger partial charge in [-0.15, -0.1) is 0 Å². The number of benzene rings is 3. The smallest absolute Gasteiger partial charge is 0.166 e. The summed E-state index contributed by atoms with van der Waals surface area (Å²) in [5.41, 5.74) is 0. The molecule has 0 heterocycles. The standard InChI is InChI=1S/C23H25OS.C4H8O2/c1-2-3-10-19-24-20-15-17-23(18-16-20)25(21-11-6-4-7-12-21)22-13-8-5-9-14-22;1-2-3-4(5)6/h4-9,11-18H,2-3,10,19H2,1H3;2-3H2,1H3,(H,5,6)/q+1;/p-1. The molecule has 0 bridgehead atoms. The topological polar surface area (TPSA) is 49.4 Å². The van der Waals surface area contributed by atoms with Gasteiger partial charge in [-0.25, -0.2) is 0 Å². The normalized spacial score (nSPS) is 10.3. The van der Waals surface area contributed by atoms with Crippen molar-refractivity contribution in [2.75, 3.05) is 6.61 Å². The molecule has 0 radical (unpaired) electrons. The van der Waals surface area contributed by atoms with Crippen molar-refractivity contribution in [1.29, 1.82) is 0 Å². The van der Waals surface area contributed by atoms with E-state index in [0.29, 0.717) is 6.42 Å². The van der Waals surface area contributed by atoms with Crippen LogP contribution in [-0.4, -0.2) is 12.6 Å². The van der Waals surface area contributed by atoms with Gasteiger partial charge in [0, 0.05) is 5.97 Å². The van der Waals surface area contributed by atoms with Crippen LogP contribution in [0.4, 0.5) is 0 Å². The van der Waals surface area contributed by atoms with Crippen LogP contribution in [0.25, 0.3) is 0 Å². The summed E-state index contributed by atoms with van der Waals surface area (Å²) >= 11 is 0. The molecule has 3 aromatic carbocycles. The van der Waals surface area contributed by atoms with Crippen LogP contribution in [-0.2, 0) is 15.7 Å². The summed E-state index contributed by atoms with van der Waals surface area (Å²) in [7, 11) is -0.0872. The number of carboxylic acid groups (broad SMARTS) is 1. The van der Waals surface area contributed by atoms with E-state index >= 15 is 0 Å². The third-order valence-electron chi connectivity index (χ3n) is 4.49. The number of aliphatic carboxylic acids is 1. The van der Waals surface area contributed by atoms with E-state index in [4.69, 9.17) is 4.74 Å². The lowest BCUT2D eigenvalue weighted by Crippen LogP contribution is -2.20. The SMILES string of the molecule is CCCC(=O)[O-].CCCCCOc1ccc([S+](c2ccccc2)c2ccccc2)cc1. The van der Waals surface area contributed by atoms with E-state index < -0.39 is 5.97 Å². The minimum atomic E-state index is -0.961. The molecule has 0 amide bonds. The molecule has 0 atom stereocenters. The van der Waals surface area contributed by atoms with Crippen molar-refractivity contribution >= 4 is 16.9 Å². The highest BCUT2D eigenvalue weighted by Gasteiger charge is 2.28. The number of hydrogen-bond donors (Lipinski definition) is 0. The van der Waals surface area contributed by atoms with Crippen molar-refractivity contribution in [2.45, 2.75) is 60.6 Å². The van der Waals surface area contributed by atoms with Crippen molar-refractivity contribution < 1.29 is 14.6 Å². The van der Waals surface area contributed by atoms with Gasteiger partial charge in [0.1, 0.15) is 5.75 Å². The van der Waals surface area contributed by atoms with E-state index in [2.05, 4.69) is 91.9 Å². The molecule has 0 N–H and O–H groups in total. The van der Waals surface area contributed by atoms with E-state index in [1.54, 1.807) is 6.92 Å². The molecule has 0 aliphatic heterocycles. The van der Waals surface area contributed by atoms with Crippen LogP contribution >= 0.6 is 0 Å². The second kappa shape index (κ2) is 14.3. The third kappa shape index (κ3) is 8.89. The van der Waals surface area contributed by atoms with Gasteiger partial charge in [0.25, 0.3) is 0 Å². The largest absolute Gasteiger partial charge is 0.550 e. The van der Waals surface area contributed by atoms with Crippen LogP contribution in [0, 0.1) is 0 Å². The summed E-state index contributed by atoms with van der Waals surface area (Å²) in [5, 5.41) is 9.49. The number of unbranched alkanes of at least 4 members (excludes halogenated alkanes) is 2. The van der Waals surface area contributed by atoms with Gasteiger partial charge in [0.05, 0.1) is 17.5 Å². The van der Waals surface area contributed by atoms with E-state index in [9.17, 15) is 9.90 Å². The molecule has 0 aliphatic carbocycles. The van der Waals surface area contributed by atoms with Gasteiger partial charge in [-0.1, -0.05) is 69.5 Å². The summed E-state index contributed by atoms with van der Waals surface area (Å²) in [4.78, 5) is 13.5. The Hall–Kier alpha value is -2.72. The second-order valence-corrected chi connectivity index (χ2v) is 9.11. The lowest BCUT2D eigenvalue weighted by Gasteiger charge is -2.09. The van der Waals surface area contributed by atoms with E-state index in [0.717, 1.165) is 18.8 Å². The Balaban J connectivity index is 0.000000501. The van der Waals surface area contributed by atoms with E-state index in [1.807, 2.05) is 0 Å². The zero-order valence-electron chi connectivity index (χ0n) is 18.5. The molecule has 0 spiro atoms. The Morgan fingerprint density at radius 3 is 1.68 bits per heavy atom. The molecule has 3 nitrogen and oxygen atoms in total. The molecular weight excluding hydrogens is 404 g/mol. The zero-order valence-corrected chi connectivity index (χ0v) is 19.3. The Bertz CT molecular complexity index is 825. The molecule has 3 rings (SSSR count). The molecule has 164 valence electrons. The van der Waals surface area contributed by atoms with Gasteiger partial charge in [-0.2, -0.15) is 0 Å². The van der Waals surface area contributed by atoms with Crippen LogP contribution in [0.5, 0.6) is 5.75 Å². The number of ether oxygens (including phenoxy) is 1. The summed E-state index contributed by atoms with van der Waals surface area (Å²) in [6.45, 7) is 4.81. The summed E-state index contributed by atoms with van der Waals surface area (Å²) < 4.78 is 5.86. The molecule has 0 fully saturated rings. The fourth-order valence-corrected chi connectivity index (χ4v) is 5.02. The maximum absolute atomic E-state index is 9.49. The Labute approximate surface area is 189 Å². The lowest BCUT2D eigenvalue weighted by molar-refractivity contribution is -0.305. The number of hydrogen-bond acceptors (Lipinski definition) is 3. The van der Waals surface area contributed by atoms with Gasteiger partial charge >= 0.3 is 0 Å². The number of carbonyl (C=O) groups is 1. The zero-order chi connectivity index (χ0) is 22.3. The summed E-state index contributed by atoms with van der Waals surface area (Å²) in [6.07, 6.45) is 4.42. The van der Waals surface area contributed by atoms with Crippen molar-refractivity contribution in [3.8, 4) is 5.75 Å². The predicted octanol–water partition coefficient (Wildman–Crippen LogP) is 5.89. The number of carboxylic acids is 1. The summed E-state index contributed by atoms with van der Waals surface area (Å²) in [6, 6.07) is 30.1. The first-order valence-corrected chi connectivity index (χ1v) is 12.1. The van der Waals surface area contributed by atoms with Gasteiger partial charge in [-0.3, -0.25) is 0 Å². The minimum Gasteiger partial charge on any atom is -0.550 e. The molecule has 31 heavy (non-hydrogen) atoms. The van der Waals surface area contributed by atoms with Gasteiger partial charge < -0.3 is 14.6 Å². The molecule has 0 saturated carbocycles. The van der Waals surface area contributed by atoms with Crippen molar-refractivity contribution in [3.63, 3.8) is 0 Å². The molecule has 0 aliphatic rings. The fraction of sp³-hybridized carbons (Fsp3) is 0.296. The molecule has 0 saturated heterocycles. The predicted molar refractivity (Wildman–Crippen MR) is 126 cm³/mol. The van der Waals surface area contributed by atoms with Crippen molar-refractivity contribution in [2.24, 2.45) is 0 Å². The highest BCUT2D eigenvalue weighted by Crippen LogP contribution is 2.31. The number of carbonyl (C=O) groups excluding carboxylic acids is 1. The van der Waals surface area contributed by atoms with Crippen molar-refractivity contribution in [3.05, 3.63) is 84.9 Å². The maximum Gasteiger partial charge on any atom is 0.166 e. The number of rotatable bonds is 10. The molecule has 4 heteroatoms. The highest BCUT2D eigenvalue weighted by atomic mass is 32.2. The fourth-order valence-electron chi connectivity index (χ4n) is 2.94. The Kier molecular flexibility index (Phi) is 11.3. The van der Waals surface area contributed by atoms with Crippen LogP contribution in [0.3, 0.4) is 0 Å². The second-order valence-electron chi connectivity index (χ2n) is 7.08. The minimum absolute atomic E-state index is 0.0872. The molecular formula is C27H32O3S. The van der Waals surface area contributed by atoms with Gasteiger partial charge in [-0.05, 0) is 61.4 Å². The summed E-state index contributed by atoms with van der Waals surface area (Å²) in [5.74, 6) is 0.00188. The molecule has 0 aromatic heterocycles. The Morgan fingerprint density at radius 1 is 0.742 bits per heavy atom. The first-order chi connectivity index (χ1) is 15.2. The van der Waals surface area contributed by atoms with Crippen LogP contribution in [0.15, 0.2) is 99.6 Å². The average molecular weight is 437 g/mol. The first-order valence-electron chi connectivity index (χ1n) is 10.9. The first kappa shape index (κ1) is 24.5. The average Bonchev–Trinajstić information content (AvgIpc) is 2.80. The quantitative estimate of drug-likeness (QED) is 0.294. The van der Waals surface area contributed by atoms with Crippen LogP contribution < -0.4 is 9.84 Å². The lowest BCUT2D eigenvalue weighted by atomic mass is 10.3. The van der Waals surface area contributed by atoms with Gasteiger partial charge in [0.15, 0.2) is 14.7 Å². The molecule has 3 aromatic rings. The molecule has 0 unspecified atom stereocenters. The monoisotopic (exact) mass is 436 g/mol.